The van der Waals surface area contributed by atoms with Crippen molar-refractivity contribution in [3.8, 4) is 0 Å². The second-order valence-electron chi connectivity index (χ2n) is 20.6. The maximum Gasteiger partial charge on any atom is 0.187 e. The molecule has 330 valence electrons. The molecule has 4 saturated carbocycles. The fourth-order valence-corrected chi connectivity index (χ4v) is 13.7. The van der Waals surface area contributed by atoms with Gasteiger partial charge < -0.3 is 70.0 Å². The van der Waals surface area contributed by atoms with Gasteiger partial charge in [0.15, 0.2) is 12.6 Å². The molecule has 0 spiro atoms. The Morgan fingerprint density at radius 1 is 0.772 bits per heavy atom. The number of rotatable bonds is 11. The molecule has 3 unspecified atom stereocenters. The van der Waals surface area contributed by atoms with Gasteiger partial charge in [-0.1, -0.05) is 46.3 Å². The third-order valence-electron chi connectivity index (χ3n) is 16.8. The lowest BCUT2D eigenvalue weighted by atomic mass is 9.34. The summed E-state index contributed by atoms with van der Waals surface area (Å²) in [5, 5.41) is 109. The highest BCUT2D eigenvalue weighted by Gasteiger charge is 2.74. The maximum absolute atomic E-state index is 12.6. The number of ether oxygens (including phenoxy) is 4. The van der Waals surface area contributed by atoms with Crippen molar-refractivity contribution in [3.05, 3.63) is 11.6 Å². The Kier molecular flexibility index (Phi) is 13.2. The van der Waals surface area contributed by atoms with Gasteiger partial charge in [0.05, 0.1) is 36.6 Å². The highest BCUT2D eigenvalue weighted by Crippen LogP contribution is 2.76. The summed E-state index contributed by atoms with van der Waals surface area (Å²) in [6.45, 7) is 16.0. The average molecular weight is 815 g/mol. The van der Waals surface area contributed by atoms with E-state index in [9.17, 15) is 51.1 Å². The monoisotopic (exact) mass is 815 g/mol. The summed E-state index contributed by atoms with van der Waals surface area (Å²) in [5.41, 5.74) is -1.88. The molecule has 21 atom stereocenters. The molecule has 6 rings (SSSR count). The Morgan fingerprint density at radius 2 is 1.39 bits per heavy atom. The van der Waals surface area contributed by atoms with Crippen molar-refractivity contribution in [2.24, 2.45) is 45.3 Å². The zero-order chi connectivity index (χ0) is 42.2. The van der Waals surface area contributed by atoms with E-state index in [1.807, 2.05) is 34.6 Å². The van der Waals surface area contributed by atoms with Gasteiger partial charge in [0.25, 0.3) is 0 Å². The largest absolute Gasteiger partial charge is 0.396 e. The smallest absolute Gasteiger partial charge is 0.187 e. The zero-order valence-corrected chi connectivity index (χ0v) is 35.3. The van der Waals surface area contributed by atoms with E-state index in [1.165, 1.54) is 0 Å². The highest BCUT2D eigenvalue weighted by molar-refractivity contribution is 5.22. The fourth-order valence-electron chi connectivity index (χ4n) is 13.7. The molecule has 0 aromatic carbocycles. The maximum atomic E-state index is 12.6. The molecule has 0 aromatic heterocycles. The molecule has 14 heteroatoms. The third kappa shape index (κ3) is 7.51. The van der Waals surface area contributed by atoms with Crippen LogP contribution in [0.4, 0.5) is 0 Å². The first kappa shape index (κ1) is 45.7. The normalized spacial score (nSPS) is 51.9. The molecule has 2 heterocycles. The van der Waals surface area contributed by atoms with Crippen molar-refractivity contribution < 1.29 is 70.0 Å². The van der Waals surface area contributed by atoms with Crippen molar-refractivity contribution in [3.63, 3.8) is 0 Å². The van der Waals surface area contributed by atoms with Crippen LogP contribution in [0.1, 0.15) is 113 Å². The first-order valence-electron chi connectivity index (χ1n) is 21.5. The van der Waals surface area contributed by atoms with Crippen molar-refractivity contribution in [1.82, 2.24) is 0 Å². The summed E-state index contributed by atoms with van der Waals surface area (Å²) in [7, 11) is 0. The number of fused-ring (bicyclic) bond motifs is 5. The molecular formula is C43H74O14. The quantitative estimate of drug-likeness (QED) is 0.105. The SMILES string of the molecule is CC(C)=CCC[C@](C)(OC1O[C@H](CCO)[C@@H](O)[C@H](O)[C@H]1O)[C@H]1CC[C@]2(C)[C@@H]1[C@H](O)C[C@@H]1[C@@]3(C)CC[C@H](O)C(C)(C)[C@@H]3[C@@H](OC3OC(CO)[C@@H](O)[C@H](O)[C@H]3O)C[C@]12C. The molecule has 10 N–H and O–H groups in total. The van der Waals surface area contributed by atoms with Crippen LogP contribution < -0.4 is 0 Å². The van der Waals surface area contributed by atoms with Crippen LogP contribution >= 0.6 is 0 Å². The van der Waals surface area contributed by atoms with E-state index in [2.05, 4.69) is 26.8 Å². The van der Waals surface area contributed by atoms with Gasteiger partial charge in [-0.05, 0) is 124 Å². The van der Waals surface area contributed by atoms with Crippen molar-refractivity contribution in [1.29, 1.82) is 0 Å². The molecule has 6 aliphatic rings. The summed E-state index contributed by atoms with van der Waals surface area (Å²) in [5.74, 6) is -0.754. The van der Waals surface area contributed by atoms with Crippen LogP contribution in [-0.4, -0.2) is 150 Å². The summed E-state index contributed by atoms with van der Waals surface area (Å²) in [6, 6.07) is 0. The van der Waals surface area contributed by atoms with Crippen LogP contribution in [0.15, 0.2) is 11.6 Å². The Morgan fingerprint density at radius 3 is 2.00 bits per heavy atom. The minimum absolute atomic E-state index is 0.00338. The molecule has 6 fully saturated rings. The van der Waals surface area contributed by atoms with E-state index in [-0.39, 0.29) is 36.7 Å². The van der Waals surface area contributed by atoms with Crippen LogP contribution in [0.2, 0.25) is 0 Å². The van der Waals surface area contributed by atoms with Crippen LogP contribution in [0.5, 0.6) is 0 Å². The minimum Gasteiger partial charge on any atom is -0.396 e. The van der Waals surface area contributed by atoms with Gasteiger partial charge in [-0.2, -0.15) is 0 Å². The predicted octanol–water partition coefficient (Wildman–Crippen LogP) is 1.51. The van der Waals surface area contributed by atoms with Gasteiger partial charge in [0.1, 0.15) is 42.7 Å². The first-order chi connectivity index (χ1) is 26.5. The highest BCUT2D eigenvalue weighted by atomic mass is 16.7. The van der Waals surface area contributed by atoms with E-state index in [4.69, 9.17) is 18.9 Å². The van der Waals surface area contributed by atoms with Crippen LogP contribution in [0.3, 0.4) is 0 Å². The predicted molar refractivity (Wildman–Crippen MR) is 207 cm³/mol. The molecule has 0 radical (unpaired) electrons. The third-order valence-corrected chi connectivity index (χ3v) is 16.8. The van der Waals surface area contributed by atoms with E-state index in [0.29, 0.717) is 44.9 Å². The van der Waals surface area contributed by atoms with Crippen molar-refractivity contribution >= 4 is 0 Å². The van der Waals surface area contributed by atoms with Crippen molar-refractivity contribution in [2.45, 2.75) is 199 Å². The Labute approximate surface area is 338 Å². The number of aliphatic hydroxyl groups is 10. The Hall–Kier alpha value is -0.820. The van der Waals surface area contributed by atoms with Gasteiger partial charge in [0, 0.05) is 6.61 Å². The lowest BCUT2D eigenvalue weighted by molar-refractivity contribution is -0.349. The van der Waals surface area contributed by atoms with E-state index in [1.54, 1.807) is 0 Å². The second kappa shape index (κ2) is 16.5. The number of allylic oxidation sites excluding steroid dienone is 2. The molecule has 0 aromatic rings. The average Bonchev–Trinajstić information content (AvgIpc) is 3.53. The molecule has 0 amide bonds. The molecule has 2 aliphatic heterocycles. The van der Waals surface area contributed by atoms with Gasteiger partial charge in [-0.15, -0.1) is 0 Å². The number of hydrogen-bond donors (Lipinski definition) is 10. The summed E-state index contributed by atoms with van der Waals surface area (Å²) in [4.78, 5) is 0. The van der Waals surface area contributed by atoms with Gasteiger partial charge in [-0.3, -0.25) is 0 Å². The topological polar surface area (TPSA) is 239 Å². The molecule has 57 heavy (non-hydrogen) atoms. The Bertz CT molecular complexity index is 1420. The van der Waals surface area contributed by atoms with Gasteiger partial charge in [0.2, 0.25) is 0 Å². The summed E-state index contributed by atoms with van der Waals surface area (Å²) >= 11 is 0. The van der Waals surface area contributed by atoms with Gasteiger partial charge >= 0.3 is 0 Å². The van der Waals surface area contributed by atoms with Crippen LogP contribution in [0.25, 0.3) is 0 Å². The number of hydrogen-bond acceptors (Lipinski definition) is 14. The standard InChI is InChI=1S/C43H74O14/c1-21(2)10-9-14-43(8,57-38-35(53)32(50)30(48)24(54-38)13-17-44)22-11-16-41(6)29(22)23(46)18-27-40(5)15-12-28(47)39(3,4)36(40)25(19-42(27,41)7)55-37-34(52)33(51)31(49)26(20-45)56-37/h10,22-38,44-53H,9,11-20H2,1-8H3/t22-,23+,24+,25-,26?,27+,28-,29-,30+,31+,32-,33-,34+,35+,36-,37?,38?,40+,41+,42+,43-/m0/s1. The van der Waals surface area contributed by atoms with E-state index >= 15 is 0 Å². The van der Waals surface area contributed by atoms with E-state index < -0.39 is 114 Å². The number of aliphatic hydroxyl groups excluding tert-OH is 10. The molecule has 14 nitrogen and oxygen atoms in total. The fraction of sp³-hybridized carbons (Fsp3) is 0.953. The van der Waals surface area contributed by atoms with Crippen LogP contribution in [-0.2, 0) is 18.9 Å². The molecular weight excluding hydrogens is 740 g/mol. The molecule has 4 aliphatic carbocycles. The minimum atomic E-state index is -1.61. The first-order valence-corrected chi connectivity index (χ1v) is 21.5. The zero-order valence-electron chi connectivity index (χ0n) is 35.3. The van der Waals surface area contributed by atoms with Crippen molar-refractivity contribution in [2.75, 3.05) is 13.2 Å². The summed E-state index contributed by atoms with van der Waals surface area (Å²) in [6.07, 6.45) is -8.95. The van der Waals surface area contributed by atoms with Crippen LogP contribution in [0, 0.1) is 45.3 Å². The lowest BCUT2D eigenvalue weighted by Gasteiger charge is -2.72. The second-order valence-corrected chi connectivity index (χ2v) is 20.6. The lowest BCUT2D eigenvalue weighted by Crippen LogP contribution is -2.71. The summed E-state index contributed by atoms with van der Waals surface area (Å²) < 4.78 is 25.7. The van der Waals surface area contributed by atoms with E-state index in [0.717, 1.165) is 12.0 Å². The molecule has 2 saturated heterocycles. The van der Waals surface area contributed by atoms with Gasteiger partial charge in [-0.25, -0.2) is 0 Å². The molecule has 0 bridgehead atoms. The Balaban J connectivity index is 1.39.